The molecule has 3 rings (SSSR count). The van der Waals surface area contributed by atoms with Gasteiger partial charge in [0.05, 0.1) is 6.61 Å². The van der Waals surface area contributed by atoms with Crippen molar-refractivity contribution in [1.82, 2.24) is 14.8 Å². The van der Waals surface area contributed by atoms with Crippen molar-refractivity contribution in [2.24, 2.45) is 0 Å². The molecule has 0 aliphatic rings. The van der Waals surface area contributed by atoms with Crippen LogP contribution in [0.2, 0.25) is 0 Å². The molecule has 0 unspecified atom stereocenters. The van der Waals surface area contributed by atoms with Crippen molar-refractivity contribution in [2.45, 2.75) is 25.1 Å². The lowest BCUT2D eigenvalue weighted by atomic mass is 10.2. The molecule has 0 amide bonds. The third kappa shape index (κ3) is 5.36. The average molecular weight is 413 g/mol. The minimum atomic E-state index is -1.13. The zero-order valence-electron chi connectivity index (χ0n) is 16.3. The van der Waals surface area contributed by atoms with Gasteiger partial charge in [-0.2, -0.15) is 0 Å². The lowest BCUT2D eigenvalue weighted by molar-refractivity contribution is -0.151. The van der Waals surface area contributed by atoms with Gasteiger partial charge in [-0.15, -0.1) is 10.2 Å². The fourth-order valence-corrected chi connectivity index (χ4v) is 3.39. The van der Waals surface area contributed by atoms with E-state index in [1.54, 1.807) is 0 Å². The van der Waals surface area contributed by atoms with Crippen LogP contribution in [0.4, 0.5) is 0 Å². The number of ether oxygens (including phenoxy) is 2. The third-order valence-electron chi connectivity index (χ3n) is 3.97. The molecule has 0 saturated carbocycles. The molecule has 0 bridgehead atoms. The molecular formula is C21H23N3O4S. The van der Waals surface area contributed by atoms with Gasteiger partial charge in [0, 0.05) is 17.0 Å². The van der Waals surface area contributed by atoms with Gasteiger partial charge in [-0.1, -0.05) is 42.1 Å². The molecule has 0 saturated heterocycles. The molecule has 0 aliphatic heterocycles. The van der Waals surface area contributed by atoms with E-state index in [0.717, 1.165) is 22.8 Å². The number of carbonyl (C=O) groups excluding carboxylic acids is 1. The predicted octanol–water partition coefficient (Wildman–Crippen LogP) is 3.35. The second-order valence-electron chi connectivity index (χ2n) is 6.13. The molecule has 29 heavy (non-hydrogen) atoms. The van der Waals surface area contributed by atoms with Crippen LogP contribution >= 0.6 is 11.8 Å². The van der Waals surface area contributed by atoms with E-state index in [1.165, 1.54) is 18.7 Å². The van der Waals surface area contributed by atoms with Gasteiger partial charge >= 0.3 is 5.97 Å². The fraction of sp³-hybridized carbons (Fsp3) is 0.286. The lowest BCUT2D eigenvalue weighted by Gasteiger charge is -2.12. The van der Waals surface area contributed by atoms with Crippen molar-refractivity contribution in [3.8, 4) is 22.8 Å². The quantitative estimate of drug-likeness (QED) is 0.327. The number of aromatic nitrogens is 3. The highest BCUT2D eigenvalue weighted by molar-refractivity contribution is 7.99. The van der Waals surface area contributed by atoms with Crippen molar-refractivity contribution in [2.75, 3.05) is 19.0 Å². The van der Waals surface area contributed by atoms with Gasteiger partial charge in [-0.3, -0.25) is 4.57 Å². The Hall–Kier alpha value is -2.84. The largest absolute Gasteiger partial charge is 0.494 e. The number of aliphatic hydroxyl groups excluding tert-OH is 1. The summed E-state index contributed by atoms with van der Waals surface area (Å²) in [6, 6.07) is 17.6. The number of hydrogen-bond acceptors (Lipinski definition) is 7. The Morgan fingerprint density at radius 2 is 1.86 bits per heavy atom. The maximum atomic E-state index is 11.4. The first-order valence-corrected chi connectivity index (χ1v) is 10.3. The third-order valence-corrected chi connectivity index (χ3v) is 4.86. The number of hydrogen-bond donors (Lipinski definition) is 1. The molecule has 7 nitrogen and oxygen atoms in total. The van der Waals surface area contributed by atoms with Crippen molar-refractivity contribution in [3.63, 3.8) is 0 Å². The minimum absolute atomic E-state index is 0.172. The Bertz CT molecular complexity index is 927. The van der Waals surface area contributed by atoms with E-state index in [2.05, 4.69) is 10.2 Å². The van der Waals surface area contributed by atoms with E-state index in [1.807, 2.05) is 66.1 Å². The van der Waals surface area contributed by atoms with Crippen LogP contribution in [-0.4, -0.2) is 50.9 Å². The highest BCUT2D eigenvalue weighted by Crippen LogP contribution is 2.28. The fourth-order valence-electron chi connectivity index (χ4n) is 2.62. The molecule has 1 heterocycles. The number of nitrogens with zero attached hydrogens (tertiary/aromatic N) is 3. The predicted molar refractivity (Wildman–Crippen MR) is 111 cm³/mol. The number of benzene rings is 2. The summed E-state index contributed by atoms with van der Waals surface area (Å²) in [5.41, 5.74) is 1.85. The zero-order valence-corrected chi connectivity index (χ0v) is 17.1. The second-order valence-corrected chi connectivity index (χ2v) is 7.19. The summed E-state index contributed by atoms with van der Waals surface area (Å²) >= 11 is 1.42. The van der Waals surface area contributed by atoms with Gasteiger partial charge in [0.15, 0.2) is 11.0 Å². The number of carbonyl (C=O) groups is 1. The Balaban J connectivity index is 1.84. The van der Waals surface area contributed by atoms with Crippen LogP contribution in [0.3, 0.4) is 0 Å². The molecule has 1 aromatic heterocycles. The summed E-state index contributed by atoms with van der Waals surface area (Å²) in [7, 11) is 0. The molecule has 0 aliphatic carbocycles. The SMILES string of the molecule is CCOc1ccc(-n2c(SCCOC(=O)[C@H](C)O)nnc2-c2ccccc2)cc1. The van der Waals surface area contributed by atoms with E-state index in [-0.39, 0.29) is 6.61 Å². The van der Waals surface area contributed by atoms with Crippen LogP contribution in [0.25, 0.3) is 17.1 Å². The molecule has 3 aromatic rings. The number of thioether (sulfide) groups is 1. The summed E-state index contributed by atoms with van der Waals surface area (Å²) in [5.74, 6) is 1.37. The van der Waals surface area contributed by atoms with Gasteiger partial charge in [0.25, 0.3) is 0 Å². The monoisotopic (exact) mass is 413 g/mol. The molecule has 0 radical (unpaired) electrons. The molecule has 8 heteroatoms. The van der Waals surface area contributed by atoms with Crippen LogP contribution in [0.5, 0.6) is 5.75 Å². The lowest BCUT2D eigenvalue weighted by Crippen LogP contribution is -2.20. The maximum absolute atomic E-state index is 11.4. The zero-order chi connectivity index (χ0) is 20.6. The average Bonchev–Trinajstić information content (AvgIpc) is 3.16. The van der Waals surface area contributed by atoms with Crippen LogP contribution in [0, 0.1) is 0 Å². The number of rotatable bonds is 9. The normalized spacial score (nSPS) is 11.8. The topological polar surface area (TPSA) is 86.5 Å². The number of aliphatic hydroxyl groups is 1. The Morgan fingerprint density at radius 3 is 2.52 bits per heavy atom. The standard InChI is InChI=1S/C21H23N3O4S/c1-3-27-18-11-9-17(10-12-18)24-19(16-7-5-4-6-8-16)22-23-21(24)29-14-13-28-20(26)15(2)25/h4-12,15,25H,3,13-14H2,1-2H3/t15-/m0/s1. The van der Waals surface area contributed by atoms with Crippen molar-refractivity contribution >= 4 is 17.7 Å². The summed E-state index contributed by atoms with van der Waals surface area (Å²) in [4.78, 5) is 11.4. The van der Waals surface area contributed by atoms with Gasteiger partial charge < -0.3 is 14.6 Å². The number of esters is 1. The van der Waals surface area contributed by atoms with E-state index in [4.69, 9.17) is 9.47 Å². The molecule has 152 valence electrons. The summed E-state index contributed by atoms with van der Waals surface area (Å²) in [6.45, 7) is 4.10. The summed E-state index contributed by atoms with van der Waals surface area (Å²) in [5, 5.41) is 18.6. The van der Waals surface area contributed by atoms with E-state index >= 15 is 0 Å². The molecule has 0 spiro atoms. The van der Waals surface area contributed by atoms with Crippen molar-refractivity contribution in [1.29, 1.82) is 0 Å². The first-order chi connectivity index (χ1) is 14.1. The summed E-state index contributed by atoms with van der Waals surface area (Å²) < 4.78 is 12.5. The first-order valence-electron chi connectivity index (χ1n) is 9.31. The highest BCUT2D eigenvalue weighted by Gasteiger charge is 2.17. The molecule has 1 atom stereocenters. The molecule has 1 N–H and O–H groups in total. The van der Waals surface area contributed by atoms with E-state index < -0.39 is 12.1 Å². The van der Waals surface area contributed by atoms with Crippen LogP contribution in [0.15, 0.2) is 59.8 Å². The molecular weight excluding hydrogens is 390 g/mol. The minimum Gasteiger partial charge on any atom is -0.494 e. The van der Waals surface area contributed by atoms with Gasteiger partial charge in [-0.25, -0.2) is 4.79 Å². The Kier molecular flexibility index (Phi) is 7.26. The van der Waals surface area contributed by atoms with E-state index in [0.29, 0.717) is 17.5 Å². The summed E-state index contributed by atoms with van der Waals surface area (Å²) in [6.07, 6.45) is -1.13. The molecule has 0 fully saturated rings. The molecule has 2 aromatic carbocycles. The van der Waals surface area contributed by atoms with Gasteiger partial charge in [0.2, 0.25) is 0 Å². The Morgan fingerprint density at radius 1 is 1.14 bits per heavy atom. The van der Waals surface area contributed by atoms with Crippen LogP contribution < -0.4 is 4.74 Å². The van der Waals surface area contributed by atoms with Gasteiger partial charge in [0.1, 0.15) is 18.5 Å². The second kappa shape index (κ2) is 10.1. The van der Waals surface area contributed by atoms with Gasteiger partial charge in [-0.05, 0) is 38.1 Å². The van der Waals surface area contributed by atoms with Crippen molar-refractivity contribution in [3.05, 3.63) is 54.6 Å². The van der Waals surface area contributed by atoms with Crippen molar-refractivity contribution < 1.29 is 19.4 Å². The first kappa shape index (κ1) is 20.9. The highest BCUT2D eigenvalue weighted by atomic mass is 32.2. The van der Waals surface area contributed by atoms with E-state index in [9.17, 15) is 9.90 Å². The van der Waals surface area contributed by atoms with Crippen LogP contribution in [-0.2, 0) is 9.53 Å². The maximum Gasteiger partial charge on any atom is 0.334 e. The smallest absolute Gasteiger partial charge is 0.334 e. The van der Waals surface area contributed by atoms with Crippen LogP contribution in [0.1, 0.15) is 13.8 Å². The Labute approximate surface area is 173 Å².